The zero-order valence-corrected chi connectivity index (χ0v) is 12.5. The van der Waals surface area contributed by atoms with Gasteiger partial charge in [-0.15, -0.1) is 0 Å². The van der Waals surface area contributed by atoms with E-state index in [4.69, 9.17) is 0 Å². The van der Waals surface area contributed by atoms with Gasteiger partial charge in [-0.25, -0.2) is 0 Å². The summed E-state index contributed by atoms with van der Waals surface area (Å²) in [6.07, 6.45) is 0.935. The van der Waals surface area contributed by atoms with Crippen LogP contribution in [0.4, 0.5) is 5.69 Å². The van der Waals surface area contributed by atoms with Gasteiger partial charge in [0.15, 0.2) is 0 Å². The Hall–Kier alpha value is -1.35. The molecule has 19 heavy (non-hydrogen) atoms. The number of hydrogen-bond acceptors (Lipinski definition) is 2. The van der Waals surface area contributed by atoms with Crippen LogP contribution in [0.5, 0.6) is 0 Å². The van der Waals surface area contributed by atoms with Gasteiger partial charge in [0, 0.05) is 11.3 Å². The monoisotopic (exact) mass is 261 g/mol. The molecule has 0 aromatic heterocycles. The Labute approximate surface area is 116 Å². The number of carbonyl (C=O) groups is 1. The average Bonchev–Trinajstić information content (AvgIpc) is 2.38. The molecule has 1 aromatic rings. The second kappa shape index (κ2) is 5.74. The summed E-state index contributed by atoms with van der Waals surface area (Å²) >= 11 is 0. The van der Waals surface area contributed by atoms with Crippen LogP contribution in [0, 0.1) is 13.8 Å². The van der Waals surface area contributed by atoms with Gasteiger partial charge in [-0.1, -0.05) is 0 Å². The van der Waals surface area contributed by atoms with E-state index in [1.54, 1.807) is 4.90 Å². The number of benzene rings is 1. The maximum atomic E-state index is 10.9. The van der Waals surface area contributed by atoms with E-state index in [-0.39, 0.29) is 0 Å². The second-order valence-electron chi connectivity index (χ2n) is 5.92. The average molecular weight is 261 g/mol. The van der Waals surface area contributed by atoms with E-state index >= 15 is 0 Å². The summed E-state index contributed by atoms with van der Waals surface area (Å²) < 4.78 is 0. The van der Waals surface area contributed by atoms with Gasteiger partial charge in [0.25, 0.3) is 0 Å². The predicted octanol–water partition coefficient (Wildman–Crippen LogP) is 1.23. The van der Waals surface area contributed by atoms with Crippen molar-refractivity contribution in [1.82, 2.24) is 0 Å². The first-order valence-electron chi connectivity index (χ1n) is 7.19. The number of anilines is 1. The highest BCUT2D eigenvalue weighted by molar-refractivity contribution is 5.78. The van der Waals surface area contributed by atoms with Gasteiger partial charge in [-0.2, -0.15) is 0 Å². The summed E-state index contributed by atoms with van der Waals surface area (Å²) in [4.78, 5) is 15.1. The molecule has 0 unspecified atom stereocenters. The lowest BCUT2D eigenvalue weighted by molar-refractivity contribution is -0.921. The lowest BCUT2D eigenvalue weighted by Gasteiger charge is -2.37. The molecule has 1 fully saturated rings. The van der Waals surface area contributed by atoms with Crippen molar-refractivity contribution < 1.29 is 9.69 Å². The third-order valence-corrected chi connectivity index (χ3v) is 4.19. The predicted molar refractivity (Wildman–Crippen MR) is 79.3 cm³/mol. The Bertz CT molecular complexity index is 437. The van der Waals surface area contributed by atoms with Crippen LogP contribution in [0.2, 0.25) is 0 Å². The summed E-state index contributed by atoms with van der Waals surface area (Å²) in [5, 5.41) is 0. The third-order valence-electron chi connectivity index (χ3n) is 4.19. The van der Waals surface area contributed by atoms with Crippen LogP contribution in [0.1, 0.15) is 35.3 Å². The Morgan fingerprint density at radius 1 is 1.16 bits per heavy atom. The number of piperazine rings is 1. The summed E-state index contributed by atoms with van der Waals surface area (Å²) in [6.45, 7) is 13.4. The zero-order valence-electron chi connectivity index (χ0n) is 12.5. The first kappa shape index (κ1) is 14.1. The second-order valence-corrected chi connectivity index (χ2v) is 5.92. The van der Waals surface area contributed by atoms with Crippen molar-refractivity contribution >= 4 is 12.0 Å². The van der Waals surface area contributed by atoms with Crippen LogP contribution < -0.4 is 9.80 Å². The maximum absolute atomic E-state index is 10.9. The van der Waals surface area contributed by atoms with Crippen molar-refractivity contribution in [2.24, 2.45) is 0 Å². The quantitative estimate of drug-likeness (QED) is 0.828. The molecule has 3 nitrogen and oxygen atoms in total. The van der Waals surface area contributed by atoms with Crippen molar-refractivity contribution in [2.45, 2.75) is 33.7 Å². The van der Waals surface area contributed by atoms with Gasteiger partial charge in [0.2, 0.25) is 0 Å². The number of aldehydes is 1. The Kier molecular flexibility index (Phi) is 4.25. The van der Waals surface area contributed by atoms with Crippen LogP contribution in [-0.2, 0) is 0 Å². The van der Waals surface area contributed by atoms with E-state index in [2.05, 4.69) is 32.6 Å². The van der Waals surface area contributed by atoms with Gasteiger partial charge >= 0.3 is 0 Å². The largest absolute Gasteiger partial charge is 0.360 e. The van der Waals surface area contributed by atoms with E-state index in [0.717, 1.165) is 24.9 Å². The third kappa shape index (κ3) is 2.98. The SMILES string of the molecule is Cc1cc(C=O)cc(C)c1N1CC[NH+](C(C)C)CC1. The molecule has 0 radical (unpaired) electrons. The molecule has 1 aliphatic heterocycles. The summed E-state index contributed by atoms with van der Waals surface area (Å²) in [7, 11) is 0. The number of carbonyl (C=O) groups excluding carboxylic acids is 1. The highest BCUT2D eigenvalue weighted by atomic mass is 16.1. The normalized spacial score (nSPS) is 17.0. The van der Waals surface area contributed by atoms with Gasteiger partial charge in [-0.05, 0) is 51.0 Å². The number of hydrogen-bond donors (Lipinski definition) is 1. The van der Waals surface area contributed by atoms with Gasteiger partial charge in [0.1, 0.15) is 6.29 Å². The van der Waals surface area contributed by atoms with Crippen molar-refractivity contribution in [2.75, 3.05) is 31.1 Å². The van der Waals surface area contributed by atoms with Crippen molar-refractivity contribution in [3.63, 3.8) is 0 Å². The van der Waals surface area contributed by atoms with Crippen molar-refractivity contribution in [3.8, 4) is 0 Å². The fourth-order valence-electron chi connectivity index (χ4n) is 3.15. The van der Waals surface area contributed by atoms with E-state index in [1.807, 2.05) is 12.1 Å². The molecule has 1 aliphatic rings. The molecule has 1 saturated heterocycles. The fraction of sp³-hybridized carbons (Fsp3) is 0.562. The first-order chi connectivity index (χ1) is 9.02. The number of rotatable bonds is 3. The minimum Gasteiger partial charge on any atom is -0.360 e. The highest BCUT2D eigenvalue weighted by Gasteiger charge is 2.23. The van der Waals surface area contributed by atoms with E-state index in [0.29, 0.717) is 6.04 Å². The van der Waals surface area contributed by atoms with Crippen molar-refractivity contribution in [3.05, 3.63) is 28.8 Å². The van der Waals surface area contributed by atoms with E-state index < -0.39 is 0 Å². The summed E-state index contributed by atoms with van der Waals surface area (Å²) in [6, 6.07) is 4.70. The first-order valence-corrected chi connectivity index (χ1v) is 7.19. The smallest absolute Gasteiger partial charge is 0.150 e. The Morgan fingerprint density at radius 3 is 2.11 bits per heavy atom. The number of nitrogens with one attached hydrogen (secondary N) is 1. The zero-order chi connectivity index (χ0) is 14.0. The molecule has 1 N–H and O–H groups in total. The minimum absolute atomic E-state index is 0.710. The molecule has 1 heterocycles. The number of quaternary nitrogens is 1. The van der Waals surface area contributed by atoms with E-state index in [9.17, 15) is 4.79 Å². The molecule has 0 bridgehead atoms. The fourth-order valence-corrected chi connectivity index (χ4v) is 3.15. The highest BCUT2D eigenvalue weighted by Crippen LogP contribution is 2.25. The standard InChI is InChI=1S/C16H24N2O/c1-12(2)17-5-7-18(8-6-17)16-13(3)9-15(11-19)10-14(16)4/h9-12H,5-8H2,1-4H3/p+1. The van der Waals surface area contributed by atoms with Crippen LogP contribution in [-0.4, -0.2) is 38.5 Å². The molecular formula is C16H25N2O+. The summed E-state index contributed by atoms with van der Waals surface area (Å²) in [5.74, 6) is 0. The molecule has 0 aliphatic carbocycles. The number of nitrogens with zero attached hydrogens (tertiary/aromatic N) is 1. The molecule has 0 spiro atoms. The molecular weight excluding hydrogens is 236 g/mol. The molecule has 0 atom stereocenters. The van der Waals surface area contributed by atoms with E-state index in [1.165, 1.54) is 29.9 Å². The Balaban J connectivity index is 2.18. The van der Waals surface area contributed by atoms with Gasteiger partial charge < -0.3 is 9.80 Å². The van der Waals surface area contributed by atoms with Crippen LogP contribution in [0.25, 0.3) is 0 Å². The molecule has 104 valence electrons. The lowest BCUT2D eigenvalue weighted by atomic mass is 10.0. The molecule has 0 saturated carbocycles. The summed E-state index contributed by atoms with van der Waals surface area (Å²) in [5.41, 5.74) is 4.55. The van der Waals surface area contributed by atoms with Crippen LogP contribution >= 0.6 is 0 Å². The minimum atomic E-state index is 0.710. The lowest BCUT2D eigenvalue weighted by Crippen LogP contribution is -3.17. The molecule has 2 rings (SSSR count). The van der Waals surface area contributed by atoms with Crippen LogP contribution in [0.15, 0.2) is 12.1 Å². The maximum Gasteiger partial charge on any atom is 0.150 e. The van der Waals surface area contributed by atoms with Gasteiger partial charge in [-0.3, -0.25) is 4.79 Å². The Morgan fingerprint density at radius 2 is 1.68 bits per heavy atom. The molecule has 3 heteroatoms. The topological polar surface area (TPSA) is 24.8 Å². The molecule has 1 aromatic carbocycles. The van der Waals surface area contributed by atoms with Crippen LogP contribution in [0.3, 0.4) is 0 Å². The van der Waals surface area contributed by atoms with Crippen molar-refractivity contribution in [1.29, 1.82) is 0 Å². The molecule has 0 amide bonds. The van der Waals surface area contributed by atoms with Gasteiger partial charge in [0.05, 0.1) is 32.2 Å². The number of aryl methyl sites for hydroxylation is 2.